The Bertz CT molecular complexity index is 606. The van der Waals surface area contributed by atoms with Gasteiger partial charge in [-0.05, 0) is 33.1 Å². The second-order valence-corrected chi connectivity index (χ2v) is 6.82. The Kier molecular flexibility index (Phi) is 5.12. The summed E-state index contributed by atoms with van der Waals surface area (Å²) in [6.07, 6.45) is 1.39. The molecule has 0 aliphatic carbocycles. The van der Waals surface area contributed by atoms with Crippen molar-refractivity contribution in [3.63, 3.8) is 0 Å². The van der Waals surface area contributed by atoms with E-state index in [1.165, 1.54) is 0 Å². The van der Waals surface area contributed by atoms with E-state index in [-0.39, 0.29) is 23.8 Å². The van der Waals surface area contributed by atoms with Crippen LogP contribution in [0, 0.1) is 19.8 Å². The molecule has 128 valence electrons. The van der Waals surface area contributed by atoms with Gasteiger partial charge < -0.3 is 10.2 Å². The molecule has 0 radical (unpaired) electrons. The summed E-state index contributed by atoms with van der Waals surface area (Å²) in [5.41, 5.74) is 3.03. The minimum Gasteiger partial charge on any atom is -0.348 e. The summed E-state index contributed by atoms with van der Waals surface area (Å²) in [5, 5.41) is 7.49. The number of nitrogens with zero attached hydrogens (tertiary/aromatic N) is 3. The summed E-state index contributed by atoms with van der Waals surface area (Å²) >= 11 is 0. The standard InChI is InChI=1S/C17H28N4O2/c1-10(2)16(21-9-7-8-14(21)22)17(23)18-11(3)15-12(4)19-20(6)13(15)5/h10-11,16H,7-9H2,1-6H3,(H,18,23)/t11-,16+/m0/s1. The molecule has 1 aromatic heterocycles. The van der Waals surface area contributed by atoms with Gasteiger partial charge in [0.25, 0.3) is 0 Å². The number of carbonyl (C=O) groups is 2. The zero-order valence-corrected chi connectivity index (χ0v) is 15.0. The number of amides is 2. The van der Waals surface area contributed by atoms with E-state index in [1.807, 2.05) is 46.3 Å². The summed E-state index contributed by atoms with van der Waals surface area (Å²) in [6.45, 7) is 10.6. The first kappa shape index (κ1) is 17.5. The minimum atomic E-state index is -0.398. The number of aromatic nitrogens is 2. The Labute approximate surface area is 138 Å². The van der Waals surface area contributed by atoms with Gasteiger partial charge in [-0.25, -0.2) is 0 Å². The van der Waals surface area contributed by atoms with Crippen molar-refractivity contribution in [3.05, 3.63) is 17.0 Å². The van der Waals surface area contributed by atoms with Crippen LogP contribution in [0.4, 0.5) is 0 Å². The lowest BCUT2D eigenvalue weighted by molar-refractivity contribution is -0.139. The number of likely N-dealkylation sites (tertiary alicyclic amines) is 1. The van der Waals surface area contributed by atoms with Crippen LogP contribution in [0.15, 0.2) is 0 Å². The van der Waals surface area contributed by atoms with Gasteiger partial charge in [0.1, 0.15) is 6.04 Å². The molecule has 1 aliphatic rings. The molecule has 2 atom stereocenters. The molecule has 23 heavy (non-hydrogen) atoms. The van der Waals surface area contributed by atoms with Crippen LogP contribution in [0.1, 0.15) is 56.6 Å². The van der Waals surface area contributed by atoms with E-state index in [2.05, 4.69) is 10.4 Å². The molecule has 6 nitrogen and oxygen atoms in total. The maximum absolute atomic E-state index is 12.8. The molecule has 2 amide bonds. The lowest BCUT2D eigenvalue weighted by Crippen LogP contribution is -2.50. The summed E-state index contributed by atoms with van der Waals surface area (Å²) in [6, 6.07) is -0.528. The Morgan fingerprint density at radius 2 is 1.91 bits per heavy atom. The normalized spacial score (nSPS) is 17.7. The molecule has 0 unspecified atom stereocenters. The van der Waals surface area contributed by atoms with Crippen LogP contribution in [0.2, 0.25) is 0 Å². The average molecular weight is 320 g/mol. The van der Waals surface area contributed by atoms with E-state index >= 15 is 0 Å². The van der Waals surface area contributed by atoms with E-state index in [0.29, 0.717) is 13.0 Å². The number of rotatable bonds is 5. The van der Waals surface area contributed by atoms with Crippen molar-refractivity contribution in [1.29, 1.82) is 0 Å². The van der Waals surface area contributed by atoms with Crippen molar-refractivity contribution in [2.24, 2.45) is 13.0 Å². The van der Waals surface area contributed by atoms with Crippen molar-refractivity contribution in [3.8, 4) is 0 Å². The number of nitrogens with one attached hydrogen (secondary N) is 1. The number of hydrogen-bond acceptors (Lipinski definition) is 3. The minimum absolute atomic E-state index is 0.0783. The molecule has 1 saturated heterocycles. The summed E-state index contributed by atoms with van der Waals surface area (Å²) in [4.78, 5) is 26.6. The summed E-state index contributed by atoms with van der Waals surface area (Å²) < 4.78 is 1.83. The maximum Gasteiger partial charge on any atom is 0.243 e. The predicted octanol–water partition coefficient (Wildman–Crippen LogP) is 1.86. The van der Waals surface area contributed by atoms with Crippen molar-refractivity contribution in [2.45, 2.75) is 59.5 Å². The van der Waals surface area contributed by atoms with Crippen LogP contribution in [-0.4, -0.2) is 39.1 Å². The predicted molar refractivity (Wildman–Crippen MR) is 88.8 cm³/mol. The highest BCUT2D eigenvalue weighted by Gasteiger charge is 2.35. The maximum atomic E-state index is 12.8. The number of aryl methyl sites for hydroxylation is 2. The average Bonchev–Trinajstić information content (AvgIpc) is 2.94. The van der Waals surface area contributed by atoms with Crippen molar-refractivity contribution in [2.75, 3.05) is 6.54 Å². The quantitative estimate of drug-likeness (QED) is 0.900. The third kappa shape index (κ3) is 3.41. The highest BCUT2D eigenvalue weighted by molar-refractivity contribution is 5.89. The van der Waals surface area contributed by atoms with Crippen molar-refractivity contribution >= 4 is 11.8 Å². The molecule has 0 aromatic carbocycles. The Balaban J connectivity index is 2.16. The Morgan fingerprint density at radius 3 is 2.35 bits per heavy atom. The first-order chi connectivity index (χ1) is 10.7. The smallest absolute Gasteiger partial charge is 0.243 e. The molecular weight excluding hydrogens is 292 g/mol. The molecule has 1 aliphatic heterocycles. The second-order valence-electron chi connectivity index (χ2n) is 6.82. The fourth-order valence-corrected chi connectivity index (χ4v) is 3.55. The molecule has 0 spiro atoms. The molecule has 1 aromatic rings. The number of carbonyl (C=O) groups excluding carboxylic acids is 2. The van der Waals surface area contributed by atoms with Crippen LogP contribution in [0.5, 0.6) is 0 Å². The van der Waals surface area contributed by atoms with E-state index in [0.717, 1.165) is 23.4 Å². The van der Waals surface area contributed by atoms with Gasteiger partial charge in [-0.2, -0.15) is 5.10 Å². The molecule has 1 fully saturated rings. The number of hydrogen-bond donors (Lipinski definition) is 1. The van der Waals surface area contributed by atoms with Crippen LogP contribution in [0.3, 0.4) is 0 Å². The lowest BCUT2D eigenvalue weighted by atomic mass is 10.00. The molecule has 1 N–H and O–H groups in total. The first-order valence-electron chi connectivity index (χ1n) is 8.34. The highest BCUT2D eigenvalue weighted by Crippen LogP contribution is 2.23. The topological polar surface area (TPSA) is 67.2 Å². The van der Waals surface area contributed by atoms with Crippen molar-refractivity contribution in [1.82, 2.24) is 20.0 Å². The van der Waals surface area contributed by atoms with Gasteiger partial charge >= 0.3 is 0 Å². The van der Waals surface area contributed by atoms with E-state index in [4.69, 9.17) is 0 Å². The molecule has 0 saturated carbocycles. The Hall–Kier alpha value is -1.85. The van der Waals surface area contributed by atoms with Crippen molar-refractivity contribution < 1.29 is 9.59 Å². The van der Waals surface area contributed by atoms with Gasteiger partial charge in [0.05, 0.1) is 11.7 Å². The van der Waals surface area contributed by atoms with Crippen LogP contribution in [0.25, 0.3) is 0 Å². The summed E-state index contributed by atoms with van der Waals surface area (Å²) in [5.74, 6) is 0.0889. The van der Waals surface area contributed by atoms with Crippen LogP contribution >= 0.6 is 0 Å². The van der Waals surface area contributed by atoms with Gasteiger partial charge in [0.2, 0.25) is 11.8 Å². The second kappa shape index (κ2) is 6.72. The van der Waals surface area contributed by atoms with Gasteiger partial charge in [0, 0.05) is 31.3 Å². The first-order valence-corrected chi connectivity index (χ1v) is 8.34. The van der Waals surface area contributed by atoms with Gasteiger partial charge in [0.15, 0.2) is 0 Å². The molecular formula is C17H28N4O2. The summed E-state index contributed by atoms with van der Waals surface area (Å²) in [7, 11) is 1.90. The third-order valence-corrected chi connectivity index (χ3v) is 4.70. The molecule has 2 rings (SSSR count). The van der Waals surface area contributed by atoms with Gasteiger partial charge in [-0.1, -0.05) is 13.8 Å². The van der Waals surface area contributed by atoms with E-state index < -0.39 is 6.04 Å². The van der Waals surface area contributed by atoms with Crippen LogP contribution < -0.4 is 5.32 Å². The molecule has 2 heterocycles. The Morgan fingerprint density at radius 1 is 1.26 bits per heavy atom. The monoisotopic (exact) mass is 320 g/mol. The zero-order chi connectivity index (χ0) is 17.3. The fraction of sp³-hybridized carbons (Fsp3) is 0.706. The van der Waals surface area contributed by atoms with Gasteiger partial charge in [-0.15, -0.1) is 0 Å². The third-order valence-electron chi connectivity index (χ3n) is 4.70. The SMILES string of the molecule is Cc1nn(C)c(C)c1[C@H](C)NC(=O)[C@@H](C(C)C)N1CCCC1=O. The molecule has 6 heteroatoms. The highest BCUT2D eigenvalue weighted by atomic mass is 16.2. The largest absolute Gasteiger partial charge is 0.348 e. The van der Waals surface area contributed by atoms with Crippen LogP contribution in [-0.2, 0) is 16.6 Å². The lowest BCUT2D eigenvalue weighted by Gasteiger charge is -2.31. The van der Waals surface area contributed by atoms with Gasteiger partial charge in [-0.3, -0.25) is 14.3 Å². The van der Waals surface area contributed by atoms with E-state index in [9.17, 15) is 9.59 Å². The zero-order valence-electron chi connectivity index (χ0n) is 15.0. The fourth-order valence-electron chi connectivity index (χ4n) is 3.55. The van der Waals surface area contributed by atoms with E-state index in [1.54, 1.807) is 4.90 Å². The molecule has 0 bridgehead atoms.